The molecule has 0 aromatic heterocycles. The molecule has 0 bridgehead atoms. The van der Waals surface area contributed by atoms with Crippen LogP contribution in [-0.2, 0) is 14.6 Å². The zero-order chi connectivity index (χ0) is 13.7. The SMILES string of the molecule is COS(=O)(=O)[O-].OCCCN(CCO)CCO.[Na+]. The first-order valence-electron chi connectivity index (χ1n) is 4.97. The second kappa shape index (κ2) is 15.8. The molecule has 18 heavy (non-hydrogen) atoms. The molecule has 0 amide bonds. The molecular weight excluding hydrogens is 277 g/mol. The fourth-order valence-electron chi connectivity index (χ4n) is 0.913. The summed E-state index contributed by atoms with van der Waals surface area (Å²) >= 11 is 0. The van der Waals surface area contributed by atoms with Crippen LogP contribution in [0, 0.1) is 0 Å². The average Bonchev–Trinajstić information content (AvgIpc) is 2.26. The van der Waals surface area contributed by atoms with Gasteiger partial charge in [-0.1, -0.05) is 0 Å². The molecule has 0 unspecified atom stereocenters. The third kappa shape index (κ3) is 21.9. The van der Waals surface area contributed by atoms with Crippen LogP contribution >= 0.6 is 0 Å². The molecule has 0 rings (SSSR count). The van der Waals surface area contributed by atoms with Crippen LogP contribution < -0.4 is 29.6 Å². The van der Waals surface area contributed by atoms with Crippen LogP contribution in [0.1, 0.15) is 6.42 Å². The standard InChI is InChI=1S/C7H17NO3.CH4O4S.Na/c9-5-1-2-8(3-6-10)4-7-11;1-5-6(2,3)4;/h9-11H,1-7H2;1H3,(H,2,3,4);/q;;+1/p-1. The van der Waals surface area contributed by atoms with Gasteiger partial charge >= 0.3 is 29.6 Å². The summed E-state index contributed by atoms with van der Waals surface area (Å²) < 4.78 is 31.0. The maximum absolute atomic E-state index is 9.22. The van der Waals surface area contributed by atoms with Crippen molar-refractivity contribution < 1.29 is 62.0 Å². The quantitative estimate of drug-likeness (QED) is 0.230. The van der Waals surface area contributed by atoms with E-state index in [1.807, 2.05) is 4.90 Å². The number of hydrogen-bond acceptors (Lipinski definition) is 8. The van der Waals surface area contributed by atoms with Gasteiger partial charge in [-0.15, -0.1) is 0 Å². The van der Waals surface area contributed by atoms with E-state index in [4.69, 9.17) is 15.3 Å². The molecule has 0 fully saturated rings. The number of nitrogens with zero attached hydrogens (tertiary/aromatic N) is 1. The molecule has 8 nitrogen and oxygen atoms in total. The molecule has 0 aliphatic carbocycles. The molecule has 0 spiro atoms. The van der Waals surface area contributed by atoms with Gasteiger partial charge < -0.3 is 19.9 Å². The fraction of sp³-hybridized carbons (Fsp3) is 1.00. The zero-order valence-corrected chi connectivity index (χ0v) is 13.6. The summed E-state index contributed by atoms with van der Waals surface area (Å²) in [5, 5.41) is 25.7. The Kier molecular flexibility index (Phi) is 20.8. The molecule has 0 aliphatic heterocycles. The van der Waals surface area contributed by atoms with E-state index in [1.165, 1.54) is 0 Å². The maximum Gasteiger partial charge on any atom is 1.00 e. The largest absolute Gasteiger partial charge is 1.00 e. The van der Waals surface area contributed by atoms with E-state index in [0.717, 1.165) is 13.7 Å². The molecule has 106 valence electrons. The summed E-state index contributed by atoms with van der Waals surface area (Å²) in [6.45, 7) is 2.24. The van der Waals surface area contributed by atoms with E-state index in [2.05, 4.69) is 4.18 Å². The minimum atomic E-state index is -4.41. The first-order valence-corrected chi connectivity index (χ1v) is 6.31. The minimum Gasteiger partial charge on any atom is -0.726 e. The summed E-state index contributed by atoms with van der Waals surface area (Å²) in [4.78, 5) is 1.91. The van der Waals surface area contributed by atoms with Gasteiger partial charge in [0.2, 0.25) is 10.4 Å². The predicted molar refractivity (Wildman–Crippen MR) is 59.0 cm³/mol. The Hall–Kier alpha value is 0.710. The molecule has 0 saturated carbocycles. The van der Waals surface area contributed by atoms with Crippen molar-refractivity contribution in [1.82, 2.24) is 4.90 Å². The van der Waals surface area contributed by atoms with Crippen molar-refractivity contribution >= 4 is 10.4 Å². The van der Waals surface area contributed by atoms with E-state index in [1.54, 1.807) is 0 Å². The predicted octanol–water partition coefficient (Wildman–Crippen LogP) is -5.25. The Morgan fingerprint density at radius 1 is 1.06 bits per heavy atom. The van der Waals surface area contributed by atoms with E-state index >= 15 is 0 Å². The van der Waals surface area contributed by atoms with E-state index in [-0.39, 0.29) is 49.4 Å². The molecule has 0 aromatic carbocycles. The van der Waals surface area contributed by atoms with Crippen molar-refractivity contribution in [2.24, 2.45) is 0 Å². The fourth-order valence-corrected chi connectivity index (χ4v) is 0.913. The second-order valence-corrected chi connectivity index (χ2v) is 4.09. The smallest absolute Gasteiger partial charge is 0.726 e. The van der Waals surface area contributed by atoms with Crippen molar-refractivity contribution in [2.45, 2.75) is 6.42 Å². The van der Waals surface area contributed by atoms with Crippen molar-refractivity contribution in [3.8, 4) is 0 Å². The number of rotatable bonds is 8. The molecule has 0 aliphatic rings. The second-order valence-electron chi connectivity index (χ2n) is 2.94. The Balaban J connectivity index is -0.000000277. The Morgan fingerprint density at radius 2 is 1.44 bits per heavy atom. The van der Waals surface area contributed by atoms with Crippen molar-refractivity contribution in [3.63, 3.8) is 0 Å². The summed E-state index contributed by atoms with van der Waals surface area (Å²) in [5.74, 6) is 0. The third-order valence-electron chi connectivity index (χ3n) is 1.67. The van der Waals surface area contributed by atoms with Gasteiger partial charge in [-0.3, -0.25) is 9.08 Å². The van der Waals surface area contributed by atoms with Crippen molar-refractivity contribution in [1.29, 1.82) is 0 Å². The first-order chi connectivity index (χ1) is 7.91. The third-order valence-corrected chi connectivity index (χ3v) is 2.08. The van der Waals surface area contributed by atoms with Crippen LogP contribution in [0.4, 0.5) is 0 Å². The van der Waals surface area contributed by atoms with Gasteiger partial charge in [0.25, 0.3) is 0 Å². The van der Waals surface area contributed by atoms with Gasteiger partial charge in [-0.05, 0) is 6.42 Å². The Morgan fingerprint density at radius 3 is 1.67 bits per heavy atom. The molecule has 0 aromatic rings. The molecular formula is C8H20NNaO7S. The van der Waals surface area contributed by atoms with Crippen LogP contribution in [0.5, 0.6) is 0 Å². The van der Waals surface area contributed by atoms with Gasteiger partial charge in [0.05, 0.1) is 20.3 Å². The Bertz CT molecular complexity index is 244. The van der Waals surface area contributed by atoms with Gasteiger partial charge in [0.1, 0.15) is 0 Å². The van der Waals surface area contributed by atoms with Gasteiger partial charge in [0.15, 0.2) is 0 Å². The normalized spacial score (nSPS) is 10.6. The van der Waals surface area contributed by atoms with Crippen LogP contribution in [-0.4, -0.2) is 79.8 Å². The number of aliphatic hydroxyl groups is 3. The number of aliphatic hydroxyl groups excluding tert-OH is 3. The molecule has 0 saturated heterocycles. The van der Waals surface area contributed by atoms with Crippen LogP contribution in [0.25, 0.3) is 0 Å². The van der Waals surface area contributed by atoms with E-state index < -0.39 is 10.4 Å². The molecule has 10 heteroatoms. The Labute approximate surface area is 130 Å². The number of hydrogen-bond donors (Lipinski definition) is 3. The van der Waals surface area contributed by atoms with Gasteiger partial charge in [-0.2, -0.15) is 0 Å². The van der Waals surface area contributed by atoms with Crippen LogP contribution in [0.15, 0.2) is 0 Å². The zero-order valence-electron chi connectivity index (χ0n) is 10.8. The summed E-state index contributed by atoms with van der Waals surface area (Å²) in [7, 11) is -3.60. The minimum absolute atomic E-state index is 0. The van der Waals surface area contributed by atoms with Crippen molar-refractivity contribution in [3.05, 3.63) is 0 Å². The molecule has 0 atom stereocenters. The monoisotopic (exact) mass is 297 g/mol. The molecule has 0 radical (unpaired) electrons. The van der Waals surface area contributed by atoms with Gasteiger partial charge in [0, 0.05) is 26.2 Å². The summed E-state index contributed by atoms with van der Waals surface area (Å²) in [6.07, 6.45) is 0.694. The topological polar surface area (TPSA) is 130 Å². The van der Waals surface area contributed by atoms with Gasteiger partial charge in [-0.25, -0.2) is 8.42 Å². The first kappa shape index (κ1) is 23.8. The average molecular weight is 297 g/mol. The van der Waals surface area contributed by atoms with Crippen molar-refractivity contribution in [2.75, 3.05) is 46.6 Å². The maximum atomic E-state index is 9.22. The van der Waals surface area contributed by atoms with E-state index in [9.17, 15) is 13.0 Å². The summed E-state index contributed by atoms with van der Waals surface area (Å²) in [5.41, 5.74) is 0. The summed E-state index contributed by atoms with van der Waals surface area (Å²) in [6, 6.07) is 0. The van der Waals surface area contributed by atoms with Crippen LogP contribution in [0.3, 0.4) is 0 Å². The molecule has 0 heterocycles. The molecule has 3 N–H and O–H groups in total. The van der Waals surface area contributed by atoms with Crippen LogP contribution in [0.2, 0.25) is 0 Å². The van der Waals surface area contributed by atoms with E-state index in [0.29, 0.717) is 19.5 Å².